The van der Waals surface area contributed by atoms with Gasteiger partial charge in [0, 0.05) is 50.2 Å². The second-order valence-corrected chi connectivity index (χ2v) is 8.57. The first-order chi connectivity index (χ1) is 12.9. The zero-order chi connectivity index (χ0) is 19.8. The lowest BCUT2D eigenvalue weighted by atomic mass is 10.1. The molecule has 1 aliphatic rings. The molecule has 1 aromatic heterocycles. The minimum absolute atomic E-state index is 0.126. The van der Waals surface area contributed by atoms with Crippen molar-refractivity contribution in [2.75, 3.05) is 33.2 Å². The van der Waals surface area contributed by atoms with Crippen LogP contribution in [0.3, 0.4) is 0 Å². The van der Waals surface area contributed by atoms with Crippen molar-refractivity contribution < 1.29 is 4.79 Å². The summed E-state index contributed by atoms with van der Waals surface area (Å²) in [4.78, 5) is 22.6. The van der Waals surface area contributed by atoms with Gasteiger partial charge in [-0.2, -0.15) is 0 Å². The fourth-order valence-corrected chi connectivity index (χ4v) is 4.42. The van der Waals surface area contributed by atoms with Gasteiger partial charge in [0.1, 0.15) is 0 Å². The molecule has 0 radical (unpaired) electrons. The van der Waals surface area contributed by atoms with Crippen LogP contribution in [0.5, 0.6) is 0 Å². The van der Waals surface area contributed by atoms with Gasteiger partial charge in [-0.3, -0.25) is 14.7 Å². The molecule has 0 saturated heterocycles. The van der Waals surface area contributed by atoms with Gasteiger partial charge < -0.3 is 15.5 Å². The standard InChI is InChI=1S/C20H35N5OS/c1-15(2)25(16(3)4)10-6-9-22-20(21-5)23-13-19(26)24-11-7-18-17(14-24)8-12-27-18/h8,12,15-16H,6-7,9-11,13-14H2,1-5H3,(H2,21,22,23). The maximum Gasteiger partial charge on any atom is 0.242 e. The number of nitrogens with one attached hydrogen (secondary N) is 2. The number of amides is 1. The minimum Gasteiger partial charge on any atom is -0.356 e. The zero-order valence-corrected chi connectivity index (χ0v) is 18.2. The van der Waals surface area contributed by atoms with Crippen LogP contribution >= 0.6 is 11.3 Å². The first kappa shape index (κ1) is 21.7. The van der Waals surface area contributed by atoms with E-state index < -0.39 is 0 Å². The molecule has 1 amide bonds. The highest BCUT2D eigenvalue weighted by Gasteiger charge is 2.21. The van der Waals surface area contributed by atoms with Crippen molar-refractivity contribution in [2.45, 2.75) is 59.2 Å². The lowest BCUT2D eigenvalue weighted by molar-refractivity contribution is -0.130. The minimum atomic E-state index is 0.126. The molecule has 2 rings (SSSR count). The van der Waals surface area contributed by atoms with E-state index >= 15 is 0 Å². The molecule has 6 nitrogen and oxygen atoms in total. The van der Waals surface area contributed by atoms with E-state index in [0.29, 0.717) is 18.0 Å². The van der Waals surface area contributed by atoms with E-state index in [4.69, 9.17) is 0 Å². The van der Waals surface area contributed by atoms with E-state index in [0.717, 1.165) is 39.0 Å². The lowest BCUT2D eigenvalue weighted by Crippen LogP contribution is -2.46. The highest BCUT2D eigenvalue weighted by atomic mass is 32.1. The smallest absolute Gasteiger partial charge is 0.242 e. The van der Waals surface area contributed by atoms with Crippen LogP contribution in [0.25, 0.3) is 0 Å². The molecule has 1 aliphatic heterocycles. The van der Waals surface area contributed by atoms with Crippen LogP contribution in [0.2, 0.25) is 0 Å². The van der Waals surface area contributed by atoms with Crippen molar-refractivity contribution in [3.63, 3.8) is 0 Å². The fraction of sp³-hybridized carbons (Fsp3) is 0.700. The zero-order valence-electron chi connectivity index (χ0n) is 17.4. The number of guanidine groups is 1. The van der Waals surface area contributed by atoms with Gasteiger partial charge in [-0.25, -0.2) is 0 Å². The van der Waals surface area contributed by atoms with Crippen molar-refractivity contribution in [1.29, 1.82) is 0 Å². The monoisotopic (exact) mass is 393 g/mol. The topological polar surface area (TPSA) is 60.0 Å². The molecule has 27 heavy (non-hydrogen) atoms. The Hall–Kier alpha value is -1.60. The van der Waals surface area contributed by atoms with Gasteiger partial charge >= 0.3 is 0 Å². The van der Waals surface area contributed by atoms with Crippen LogP contribution in [0, 0.1) is 0 Å². The van der Waals surface area contributed by atoms with Crippen molar-refractivity contribution in [2.24, 2.45) is 4.99 Å². The molecular formula is C20H35N5OS. The highest BCUT2D eigenvalue weighted by molar-refractivity contribution is 7.10. The van der Waals surface area contributed by atoms with E-state index in [1.54, 1.807) is 18.4 Å². The molecule has 1 aromatic rings. The normalized spacial score (nSPS) is 14.8. The molecule has 0 fully saturated rings. The van der Waals surface area contributed by atoms with Crippen LogP contribution in [0.4, 0.5) is 0 Å². The van der Waals surface area contributed by atoms with Gasteiger partial charge in [0.15, 0.2) is 5.96 Å². The predicted molar refractivity (Wildman–Crippen MR) is 114 cm³/mol. The maximum absolute atomic E-state index is 12.5. The Morgan fingerprint density at radius 1 is 1.30 bits per heavy atom. The summed E-state index contributed by atoms with van der Waals surface area (Å²) in [5, 5.41) is 8.58. The molecule has 0 aliphatic carbocycles. The number of hydrogen-bond acceptors (Lipinski definition) is 4. The van der Waals surface area contributed by atoms with Gasteiger partial charge in [0.05, 0.1) is 6.54 Å². The summed E-state index contributed by atoms with van der Waals surface area (Å²) in [6, 6.07) is 3.23. The molecular weight excluding hydrogens is 358 g/mol. The predicted octanol–water partition coefficient (Wildman–Crippen LogP) is 2.31. The number of thiophene rings is 1. The van der Waals surface area contributed by atoms with Crippen LogP contribution in [0.1, 0.15) is 44.6 Å². The van der Waals surface area contributed by atoms with Crippen molar-refractivity contribution >= 4 is 23.2 Å². The third-order valence-corrected chi connectivity index (χ3v) is 6.03. The summed E-state index contributed by atoms with van der Waals surface area (Å²) in [7, 11) is 1.74. The largest absolute Gasteiger partial charge is 0.356 e. The lowest BCUT2D eigenvalue weighted by Gasteiger charge is -2.30. The summed E-state index contributed by atoms with van der Waals surface area (Å²) >= 11 is 1.79. The Bertz CT molecular complexity index is 618. The molecule has 0 atom stereocenters. The van der Waals surface area contributed by atoms with E-state index in [2.05, 4.69) is 59.7 Å². The van der Waals surface area contributed by atoms with E-state index in [1.165, 1.54) is 10.4 Å². The third-order valence-electron chi connectivity index (χ3n) is 5.00. The molecule has 0 aromatic carbocycles. The molecule has 0 bridgehead atoms. The first-order valence-corrected chi connectivity index (χ1v) is 10.8. The average Bonchev–Trinajstić information content (AvgIpc) is 3.10. The first-order valence-electron chi connectivity index (χ1n) is 9.95. The molecule has 7 heteroatoms. The second kappa shape index (κ2) is 10.7. The Labute approximate surface area is 168 Å². The average molecular weight is 394 g/mol. The Kier molecular flexibility index (Phi) is 8.57. The van der Waals surface area contributed by atoms with Crippen molar-refractivity contribution in [3.8, 4) is 0 Å². The number of hydrogen-bond donors (Lipinski definition) is 2. The SMILES string of the molecule is CN=C(NCCCN(C(C)C)C(C)C)NCC(=O)N1CCc2sccc2C1. The number of fused-ring (bicyclic) bond motifs is 1. The number of aliphatic imine (C=N–C) groups is 1. The Morgan fingerprint density at radius 2 is 2.04 bits per heavy atom. The van der Waals surface area contributed by atoms with E-state index in [-0.39, 0.29) is 12.5 Å². The fourth-order valence-electron chi connectivity index (χ4n) is 3.53. The van der Waals surface area contributed by atoms with Gasteiger partial charge in [-0.05, 0) is 57.5 Å². The van der Waals surface area contributed by atoms with Crippen LogP contribution < -0.4 is 10.6 Å². The quantitative estimate of drug-likeness (QED) is 0.404. The number of carbonyl (C=O) groups is 1. The molecule has 2 N–H and O–H groups in total. The summed E-state index contributed by atoms with van der Waals surface area (Å²) in [6.45, 7) is 12.6. The molecule has 152 valence electrons. The molecule has 0 unspecified atom stereocenters. The Morgan fingerprint density at radius 3 is 2.70 bits per heavy atom. The summed E-state index contributed by atoms with van der Waals surface area (Å²) in [5.41, 5.74) is 1.29. The maximum atomic E-state index is 12.5. The molecule has 2 heterocycles. The van der Waals surface area contributed by atoms with Gasteiger partial charge in [-0.15, -0.1) is 11.3 Å². The molecule has 0 spiro atoms. The summed E-state index contributed by atoms with van der Waals surface area (Å²) in [6.07, 6.45) is 2.01. The van der Waals surface area contributed by atoms with E-state index in [1.807, 2.05) is 4.90 Å². The van der Waals surface area contributed by atoms with Crippen molar-refractivity contribution in [1.82, 2.24) is 20.4 Å². The third kappa shape index (κ3) is 6.50. The summed E-state index contributed by atoms with van der Waals surface area (Å²) < 4.78 is 0. The second-order valence-electron chi connectivity index (χ2n) is 7.57. The number of carbonyl (C=O) groups excluding carboxylic acids is 1. The van der Waals surface area contributed by atoms with E-state index in [9.17, 15) is 4.79 Å². The molecule has 0 saturated carbocycles. The van der Waals surface area contributed by atoms with Crippen LogP contribution in [-0.4, -0.2) is 67.0 Å². The highest BCUT2D eigenvalue weighted by Crippen LogP contribution is 2.23. The van der Waals surface area contributed by atoms with Crippen LogP contribution in [-0.2, 0) is 17.8 Å². The van der Waals surface area contributed by atoms with Gasteiger partial charge in [0.2, 0.25) is 5.91 Å². The number of nitrogens with zero attached hydrogens (tertiary/aromatic N) is 3. The van der Waals surface area contributed by atoms with Crippen molar-refractivity contribution in [3.05, 3.63) is 21.9 Å². The van der Waals surface area contributed by atoms with Crippen LogP contribution in [0.15, 0.2) is 16.4 Å². The Balaban J connectivity index is 1.69. The van der Waals surface area contributed by atoms with Gasteiger partial charge in [-0.1, -0.05) is 0 Å². The summed E-state index contributed by atoms with van der Waals surface area (Å²) in [5.74, 6) is 0.817. The number of rotatable bonds is 8. The van der Waals surface area contributed by atoms with Gasteiger partial charge in [0.25, 0.3) is 0 Å².